The van der Waals surface area contributed by atoms with Crippen LogP contribution >= 0.6 is 22.7 Å². The smallest absolute Gasteiger partial charge is 0.267 e. The maximum Gasteiger partial charge on any atom is 0.267 e. The summed E-state index contributed by atoms with van der Waals surface area (Å²) in [6.45, 7) is 4.42. The van der Waals surface area contributed by atoms with Crippen LogP contribution < -0.4 is 16.0 Å². The van der Waals surface area contributed by atoms with Gasteiger partial charge in [0.1, 0.15) is 0 Å². The molecule has 6 nitrogen and oxygen atoms in total. The Bertz CT molecular complexity index is 625. The molecule has 2 aromatic rings. The van der Waals surface area contributed by atoms with E-state index in [4.69, 9.17) is 0 Å². The molecule has 0 atom stereocenters. The zero-order valence-corrected chi connectivity index (χ0v) is 14.6. The van der Waals surface area contributed by atoms with E-state index in [1.54, 1.807) is 11.4 Å². The standard InChI is InChI=1S/C15H20N4O2S2/c1-2-5-16-6-7-17-13(20)9-11-10-23-15(18-11)19-14(21)12-4-3-8-22-12/h3-4,8,10,16H,2,5-7,9H2,1H3,(H,17,20)(H,18,19,21). The first kappa shape index (κ1) is 17.6. The highest BCUT2D eigenvalue weighted by atomic mass is 32.1. The zero-order valence-electron chi connectivity index (χ0n) is 12.9. The second-order valence-corrected chi connectivity index (χ2v) is 6.66. The summed E-state index contributed by atoms with van der Waals surface area (Å²) in [6.07, 6.45) is 1.30. The van der Waals surface area contributed by atoms with Crippen LogP contribution in [-0.2, 0) is 11.2 Å². The van der Waals surface area contributed by atoms with Crippen molar-refractivity contribution in [3.8, 4) is 0 Å². The van der Waals surface area contributed by atoms with Crippen molar-refractivity contribution >= 4 is 39.6 Å². The SMILES string of the molecule is CCCNCCNC(=O)Cc1csc(NC(=O)c2cccs2)n1. The lowest BCUT2D eigenvalue weighted by Gasteiger charge is -2.05. The van der Waals surface area contributed by atoms with Gasteiger partial charge in [0, 0.05) is 18.5 Å². The fourth-order valence-corrected chi connectivity index (χ4v) is 3.16. The maximum atomic E-state index is 11.9. The molecule has 0 bridgehead atoms. The number of rotatable bonds is 9. The first-order valence-electron chi connectivity index (χ1n) is 7.45. The number of amides is 2. The van der Waals surface area contributed by atoms with E-state index < -0.39 is 0 Å². The molecule has 0 aliphatic carbocycles. The molecule has 0 aliphatic heterocycles. The number of nitrogens with one attached hydrogen (secondary N) is 3. The predicted molar refractivity (Wildman–Crippen MR) is 94.3 cm³/mol. The molecule has 2 rings (SSSR count). The van der Waals surface area contributed by atoms with E-state index in [-0.39, 0.29) is 18.2 Å². The number of carbonyl (C=O) groups is 2. The van der Waals surface area contributed by atoms with Crippen molar-refractivity contribution < 1.29 is 9.59 Å². The number of nitrogens with zero attached hydrogens (tertiary/aromatic N) is 1. The van der Waals surface area contributed by atoms with E-state index in [1.165, 1.54) is 22.7 Å². The molecular formula is C15H20N4O2S2. The van der Waals surface area contributed by atoms with Gasteiger partial charge in [0.25, 0.3) is 5.91 Å². The van der Waals surface area contributed by atoms with Crippen LogP contribution in [0.2, 0.25) is 0 Å². The quantitative estimate of drug-likeness (QED) is 0.604. The maximum absolute atomic E-state index is 11.9. The third-order valence-corrected chi connectivity index (χ3v) is 4.58. The number of thiophene rings is 1. The Morgan fingerprint density at radius 2 is 2.09 bits per heavy atom. The van der Waals surface area contributed by atoms with Crippen LogP contribution in [0.25, 0.3) is 0 Å². The number of anilines is 1. The number of thiazole rings is 1. The van der Waals surface area contributed by atoms with Gasteiger partial charge in [0.05, 0.1) is 17.0 Å². The van der Waals surface area contributed by atoms with Gasteiger partial charge in [-0.25, -0.2) is 4.98 Å². The number of hydrogen-bond donors (Lipinski definition) is 3. The largest absolute Gasteiger partial charge is 0.354 e. The van der Waals surface area contributed by atoms with E-state index in [0.29, 0.717) is 22.2 Å². The van der Waals surface area contributed by atoms with Crippen molar-refractivity contribution in [1.82, 2.24) is 15.6 Å². The molecule has 8 heteroatoms. The molecule has 2 heterocycles. The third kappa shape index (κ3) is 6.09. The lowest BCUT2D eigenvalue weighted by atomic mass is 10.3. The minimum absolute atomic E-state index is 0.0651. The van der Waals surface area contributed by atoms with Crippen LogP contribution in [0.5, 0.6) is 0 Å². The lowest BCUT2D eigenvalue weighted by molar-refractivity contribution is -0.120. The minimum atomic E-state index is -0.174. The molecule has 0 spiro atoms. The summed E-state index contributed by atoms with van der Waals surface area (Å²) >= 11 is 2.70. The molecule has 0 unspecified atom stereocenters. The molecule has 2 amide bonds. The van der Waals surface area contributed by atoms with Gasteiger partial charge in [0.15, 0.2) is 5.13 Å². The van der Waals surface area contributed by atoms with Crippen LogP contribution in [0, 0.1) is 0 Å². The van der Waals surface area contributed by atoms with Gasteiger partial charge in [0.2, 0.25) is 5.91 Å². The first-order chi connectivity index (χ1) is 11.2. The lowest BCUT2D eigenvalue weighted by Crippen LogP contribution is -2.33. The Labute approximate surface area is 143 Å². The average molecular weight is 352 g/mol. The molecule has 0 saturated heterocycles. The van der Waals surface area contributed by atoms with Crippen molar-refractivity contribution in [2.24, 2.45) is 0 Å². The van der Waals surface area contributed by atoms with Gasteiger partial charge < -0.3 is 10.6 Å². The molecule has 23 heavy (non-hydrogen) atoms. The molecular weight excluding hydrogens is 332 g/mol. The predicted octanol–water partition coefficient (Wildman–Crippen LogP) is 2.12. The topological polar surface area (TPSA) is 83.1 Å². The number of hydrogen-bond acceptors (Lipinski definition) is 6. The number of carbonyl (C=O) groups excluding carboxylic acids is 2. The fraction of sp³-hybridized carbons (Fsp3) is 0.400. The van der Waals surface area contributed by atoms with Crippen molar-refractivity contribution in [2.45, 2.75) is 19.8 Å². The second kappa shape index (κ2) is 9.39. The fourth-order valence-electron chi connectivity index (χ4n) is 1.83. The molecule has 0 aromatic carbocycles. The normalized spacial score (nSPS) is 10.5. The van der Waals surface area contributed by atoms with Crippen LogP contribution in [-0.4, -0.2) is 36.4 Å². The van der Waals surface area contributed by atoms with Gasteiger partial charge >= 0.3 is 0 Å². The Balaban J connectivity index is 1.74. The van der Waals surface area contributed by atoms with Crippen molar-refractivity contribution in [3.63, 3.8) is 0 Å². The Morgan fingerprint density at radius 3 is 2.83 bits per heavy atom. The molecule has 0 aliphatic rings. The van der Waals surface area contributed by atoms with Gasteiger partial charge in [-0.3, -0.25) is 14.9 Å². The van der Waals surface area contributed by atoms with Gasteiger partial charge in [-0.1, -0.05) is 13.0 Å². The van der Waals surface area contributed by atoms with Crippen LogP contribution in [0.4, 0.5) is 5.13 Å². The second-order valence-electron chi connectivity index (χ2n) is 4.85. The van der Waals surface area contributed by atoms with Gasteiger partial charge in [-0.15, -0.1) is 22.7 Å². The highest BCUT2D eigenvalue weighted by Crippen LogP contribution is 2.18. The van der Waals surface area contributed by atoms with Crippen molar-refractivity contribution in [2.75, 3.05) is 25.0 Å². The molecule has 0 radical (unpaired) electrons. The van der Waals surface area contributed by atoms with E-state index >= 15 is 0 Å². The highest BCUT2D eigenvalue weighted by molar-refractivity contribution is 7.14. The molecule has 0 saturated carbocycles. The Kier molecular flexibility index (Phi) is 7.18. The first-order valence-corrected chi connectivity index (χ1v) is 9.21. The summed E-state index contributed by atoms with van der Waals surface area (Å²) in [7, 11) is 0. The van der Waals surface area contributed by atoms with E-state index in [1.807, 2.05) is 11.4 Å². The van der Waals surface area contributed by atoms with Crippen molar-refractivity contribution in [3.05, 3.63) is 33.5 Å². The number of aromatic nitrogens is 1. The monoisotopic (exact) mass is 352 g/mol. The molecule has 0 fully saturated rings. The van der Waals surface area contributed by atoms with Crippen LogP contribution in [0.15, 0.2) is 22.9 Å². The summed E-state index contributed by atoms with van der Waals surface area (Å²) in [5.41, 5.74) is 0.662. The summed E-state index contributed by atoms with van der Waals surface area (Å²) in [5.74, 6) is -0.239. The van der Waals surface area contributed by atoms with Gasteiger partial charge in [-0.2, -0.15) is 0 Å². The zero-order chi connectivity index (χ0) is 16.5. The average Bonchev–Trinajstić information content (AvgIpc) is 3.19. The van der Waals surface area contributed by atoms with Crippen molar-refractivity contribution in [1.29, 1.82) is 0 Å². The molecule has 124 valence electrons. The molecule has 2 aromatic heterocycles. The summed E-state index contributed by atoms with van der Waals surface area (Å²) in [6, 6.07) is 3.58. The minimum Gasteiger partial charge on any atom is -0.354 e. The molecule has 3 N–H and O–H groups in total. The van der Waals surface area contributed by atoms with Gasteiger partial charge in [-0.05, 0) is 24.4 Å². The van der Waals surface area contributed by atoms with E-state index in [2.05, 4.69) is 27.9 Å². The highest BCUT2D eigenvalue weighted by Gasteiger charge is 2.11. The van der Waals surface area contributed by atoms with E-state index in [0.717, 1.165) is 19.5 Å². The van der Waals surface area contributed by atoms with Crippen LogP contribution in [0.1, 0.15) is 28.7 Å². The summed E-state index contributed by atoms with van der Waals surface area (Å²) < 4.78 is 0. The summed E-state index contributed by atoms with van der Waals surface area (Å²) in [5, 5.41) is 12.9. The Hall–Kier alpha value is -1.77. The van der Waals surface area contributed by atoms with E-state index in [9.17, 15) is 9.59 Å². The van der Waals surface area contributed by atoms with Crippen LogP contribution in [0.3, 0.4) is 0 Å². The Morgan fingerprint density at radius 1 is 1.22 bits per heavy atom. The summed E-state index contributed by atoms with van der Waals surface area (Å²) in [4.78, 5) is 28.6. The third-order valence-electron chi connectivity index (χ3n) is 2.91.